The molecule has 0 aromatic heterocycles. The van der Waals surface area contributed by atoms with E-state index in [0.717, 1.165) is 45.8 Å². The molecule has 2 N–H and O–H groups in total. The lowest BCUT2D eigenvalue weighted by Gasteiger charge is -2.26. The van der Waals surface area contributed by atoms with Gasteiger partial charge in [-0.3, -0.25) is 4.90 Å². The molecule has 1 heterocycles. The predicted octanol–water partition coefficient (Wildman–Crippen LogP) is -0.288. The van der Waals surface area contributed by atoms with E-state index in [1.165, 1.54) is 0 Å². The molecule has 0 saturated carbocycles. The van der Waals surface area contributed by atoms with Crippen molar-refractivity contribution in [2.75, 3.05) is 72.4 Å². The first-order valence-corrected chi connectivity index (χ1v) is 7.67. The minimum atomic E-state index is -0.444. The number of morpholine rings is 1. The predicted molar refractivity (Wildman–Crippen MR) is 78.1 cm³/mol. The normalized spacial score (nSPS) is 18.3. The first-order valence-electron chi connectivity index (χ1n) is 7.67. The van der Waals surface area contributed by atoms with Gasteiger partial charge in [0.25, 0.3) is 0 Å². The molecule has 1 fully saturated rings. The van der Waals surface area contributed by atoms with Gasteiger partial charge in [-0.1, -0.05) is 0 Å². The van der Waals surface area contributed by atoms with E-state index >= 15 is 0 Å². The average Bonchev–Trinajstić information content (AvgIpc) is 2.48. The van der Waals surface area contributed by atoms with E-state index in [9.17, 15) is 5.11 Å². The maximum atomic E-state index is 9.70. The minimum Gasteiger partial charge on any atom is -0.389 e. The Morgan fingerprint density at radius 2 is 2.00 bits per heavy atom. The summed E-state index contributed by atoms with van der Waals surface area (Å²) in [5, 5.41) is 13.0. The number of aliphatic hydroxyl groups is 1. The summed E-state index contributed by atoms with van der Waals surface area (Å²) in [7, 11) is 0. The van der Waals surface area contributed by atoms with Crippen molar-refractivity contribution in [1.29, 1.82) is 0 Å². The molecule has 0 bridgehead atoms. The third-order valence-corrected chi connectivity index (χ3v) is 3.20. The van der Waals surface area contributed by atoms with Crippen LogP contribution in [-0.4, -0.2) is 88.5 Å². The summed E-state index contributed by atoms with van der Waals surface area (Å²) in [6.07, 6.45) is 0.651. The second kappa shape index (κ2) is 12.5. The highest BCUT2D eigenvalue weighted by Gasteiger charge is 2.09. The van der Waals surface area contributed by atoms with Crippen LogP contribution < -0.4 is 5.32 Å². The number of ether oxygens (including phenoxy) is 3. The molecule has 1 rings (SSSR count). The molecule has 120 valence electrons. The summed E-state index contributed by atoms with van der Waals surface area (Å²) in [6.45, 7) is 10.5. The van der Waals surface area contributed by atoms with Crippen LogP contribution >= 0.6 is 0 Å². The van der Waals surface area contributed by atoms with Crippen molar-refractivity contribution in [3.8, 4) is 0 Å². The molecule has 1 aliphatic rings. The lowest BCUT2D eigenvalue weighted by molar-refractivity contribution is 0.00637. The summed E-state index contributed by atoms with van der Waals surface area (Å²) < 4.78 is 15.8. The van der Waals surface area contributed by atoms with Crippen molar-refractivity contribution in [3.63, 3.8) is 0 Å². The monoisotopic (exact) mass is 290 g/mol. The molecular formula is C14H30N2O4. The number of nitrogens with one attached hydrogen (secondary N) is 1. The van der Waals surface area contributed by atoms with Gasteiger partial charge in [0, 0.05) is 26.2 Å². The lowest BCUT2D eigenvalue weighted by atomic mass is 10.3. The van der Waals surface area contributed by atoms with Gasteiger partial charge in [0.2, 0.25) is 0 Å². The second-order valence-electron chi connectivity index (χ2n) is 4.94. The molecule has 6 nitrogen and oxygen atoms in total. The molecule has 0 radical (unpaired) electrons. The number of rotatable bonds is 12. The number of hydrogen-bond donors (Lipinski definition) is 2. The molecule has 6 heteroatoms. The summed E-state index contributed by atoms with van der Waals surface area (Å²) in [5.74, 6) is 0. The summed E-state index contributed by atoms with van der Waals surface area (Å²) >= 11 is 0. The van der Waals surface area contributed by atoms with Gasteiger partial charge in [0.15, 0.2) is 0 Å². The van der Waals surface area contributed by atoms with Crippen LogP contribution in [0.15, 0.2) is 0 Å². The molecule has 1 atom stereocenters. The topological polar surface area (TPSA) is 63.2 Å². The van der Waals surface area contributed by atoms with Crippen LogP contribution in [0.2, 0.25) is 0 Å². The Morgan fingerprint density at radius 1 is 1.25 bits per heavy atom. The molecule has 1 aliphatic heterocycles. The fourth-order valence-corrected chi connectivity index (χ4v) is 2.06. The molecule has 20 heavy (non-hydrogen) atoms. The number of aliphatic hydroxyl groups excluding tert-OH is 1. The highest BCUT2D eigenvalue weighted by Crippen LogP contribution is 1.97. The van der Waals surface area contributed by atoms with Crippen molar-refractivity contribution in [2.45, 2.75) is 19.4 Å². The maximum absolute atomic E-state index is 9.70. The third-order valence-electron chi connectivity index (χ3n) is 3.20. The fraction of sp³-hybridized carbons (Fsp3) is 1.00. The number of nitrogens with zero attached hydrogens (tertiary/aromatic N) is 1. The first kappa shape index (κ1) is 17.8. The third kappa shape index (κ3) is 9.63. The zero-order chi connectivity index (χ0) is 14.5. The van der Waals surface area contributed by atoms with Gasteiger partial charge < -0.3 is 24.6 Å². The Labute approximate surface area is 122 Å². The van der Waals surface area contributed by atoms with Crippen molar-refractivity contribution >= 4 is 0 Å². The van der Waals surface area contributed by atoms with Crippen LogP contribution in [-0.2, 0) is 14.2 Å². The second-order valence-corrected chi connectivity index (χ2v) is 4.94. The summed E-state index contributed by atoms with van der Waals surface area (Å²) in [6, 6.07) is 0. The summed E-state index contributed by atoms with van der Waals surface area (Å²) in [5.41, 5.74) is 0. The molecule has 0 aromatic carbocycles. The van der Waals surface area contributed by atoms with E-state index in [1.54, 1.807) is 0 Å². The molecule has 0 spiro atoms. The zero-order valence-electron chi connectivity index (χ0n) is 12.7. The fourth-order valence-electron chi connectivity index (χ4n) is 2.06. The van der Waals surface area contributed by atoms with E-state index in [4.69, 9.17) is 14.2 Å². The Bertz CT molecular complexity index is 213. The Kier molecular flexibility index (Phi) is 11.1. The minimum absolute atomic E-state index is 0.365. The largest absolute Gasteiger partial charge is 0.389 e. The van der Waals surface area contributed by atoms with Gasteiger partial charge in [0.1, 0.15) is 0 Å². The molecular weight excluding hydrogens is 260 g/mol. The highest BCUT2D eigenvalue weighted by molar-refractivity contribution is 4.63. The SMILES string of the molecule is CCOCCOCC(O)CNCCCN1CCOCC1. The summed E-state index contributed by atoms with van der Waals surface area (Å²) in [4.78, 5) is 2.42. The standard InChI is InChI=1S/C14H30N2O4/c1-2-18-10-11-20-13-14(17)12-15-4-3-5-16-6-8-19-9-7-16/h14-15,17H,2-13H2,1H3. The van der Waals surface area contributed by atoms with Gasteiger partial charge in [-0.2, -0.15) is 0 Å². The van der Waals surface area contributed by atoms with Crippen LogP contribution in [0.1, 0.15) is 13.3 Å². The van der Waals surface area contributed by atoms with E-state index in [0.29, 0.717) is 33.0 Å². The van der Waals surface area contributed by atoms with Gasteiger partial charge in [-0.25, -0.2) is 0 Å². The van der Waals surface area contributed by atoms with Gasteiger partial charge in [-0.15, -0.1) is 0 Å². The van der Waals surface area contributed by atoms with E-state index in [2.05, 4.69) is 10.2 Å². The molecule has 0 aromatic rings. The van der Waals surface area contributed by atoms with Gasteiger partial charge in [-0.05, 0) is 26.4 Å². The van der Waals surface area contributed by atoms with Crippen molar-refractivity contribution in [1.82, 2.24) is 10.2 Å². The van der Waals surface area contributed by atoms with Gasteiger partial charge in [0.05, 0.1) is 39.1 Å². The Morgan fingerprint density at radius 3 is 2.75 bits per heavy atom. The van der Waals surface area contributed by atoms with Crippen molar-refractivity contribution in [3.05, 3.63) is 0 Å². The van der Waals surface area contributed by atoms with Crippen LogP contribution in [0, 0.1) is 0 Å². The Hall–Kier alpha value is -0.240. The van der Waals surface area contributed by atoms with Crippen LogP contribution in [0.3, 0.4) is 0 Å². The van der Waals surface area contributed by atoms with Crippen molar-refractivity contribution < 1.29 is 19.3 Å². The van der Waals surface area contributed by atoms with Crippen LogP contribution in [0.25, 0.3) is 0 Å². The van der Waals surface area contributed by atoms with E-state index < -0.39 is 6.10 Å². The molecule has 1 unspecified atom stereocenters. The maximum Gasteiger partial charge on any atom is 0.0897 e. The average molecular weight is 290 g/mol. The molecule has 0 amide bonds. The Balaban J connectivity index is 1.82. The first-order chi connectivity index (χ1) is 9.83. The number of hydrogen-bond acceptors (Lipinski definition) is 6. The van der Waals surface area contributed by atoms with Gasteiger partial charge >= 0.3 is 0 Å². The quantitative estimate of drug-likeness (QED) is 0.482. The highest BCUT2D eigenvalue weighted by atomic mass is 16.5. The lowest BCUT2D eigenvalue weighted by Crippen LogP contribution is -2.38. The van der Waals surface area contributed by atoms with Crippen LogP contribution in [0.5, 0.6) is 0 Å². The van der Waals surface area contributed by atoms with E-state index in [-0.39, 0.29) is 0 Å². The molecule has 1 saturated heterocycles. The van der Waals surface area contributed by atoms with E-state index in [1.807, 2.05) is 6.92 Å². The van der Waals surface area contributed by atoms with Crippen LogP contribution in [0.4, 0.5) is 0 Å². The smallest absolute Gasteiger partial charge is 0.0897 e. The zero-order valence-corrected chi connectivity index (χ0v) is 12.7. The molecule has 0 aliphatic carbocycles. The van der Waals surface area contributed by atoms with Crippen molar-refractivity contribution in [2.24, 2.45) is 0 Å².